The third-order valence-corrected chi connectivity index (χ3v) is 6.92. The lowest BCUT2D eigenvalue weighted by molar-refractivity contribution is -0.144. The molecule has 3 atom stereocenters. The Balaban J connectivity index is 1.66. The van der Waals surface area contributed by atoms with Crippen LogP contribution in [0.15, 0.2) is 22.3 Å². The van der Waals surface area contributed by atoms with Crippen molar-refractivity contribution in [3.63, 3.8) is 0 Å². The molecule has 14 heteroatoms. The largest absolute Gasteiger partial charge is 0.444 e. The SMILES string of the molecule is CC(C)(C)OC(=O)Nc1nc(/C(=N/O)C(=O)N[C@@H]2C(=O)N3C=C(CCl)CS(=O)[C@H]23)cs1. The number of carbonyl (C=O) groups excluding carboxylic acids is 3. The third-order valence-electron chi connectivity index (χ3n) is 4.13. The maximum Gasteiger partial charge on any atom is 0.413 e. The van der Waals surface area contributed by atoms with Crippen LogP contribution in [-0.4, -0.2) is 71.6 Å². The van der Waals surface area contributed by atoms with E-state index >= 15 is 0 Å². The Hall–Kier alpha value is -2.51. The van der Waals surface area contributed by atoms with Gasteiger partial charge in [-0.3, -0.25) is 24.0 Å². The molecule has 3 amide bonds. The number of β-lactam (4-membered cyclic amide) rings is 1. The van der Waals surface area contributed by atoms with Gasteiger partial charge in [-0.15, -0.1) is 22.9 Å². The van der Waals surface area contributed by atoms with Crippen molar-refractivity contribution in [3.8, 4) is 0 Å². The molecule has 3 heterocycles. The molecule has 3 rings (SSSR count). The number of halogens is 1. The summed E-state index contributed by atoms with van der Waals surface area (Å²) >= 11 is 6.74. The first-order valence-corrected chi connectivity index (χ1v) is 11.8. The Bertz CT molecular complexity index is 1000. The maximum atomic E-state index is 12.6. The smallest absolute Gasteiger partial charge is 0.413 e. The van der Waals surface area contributed by atoms with Gasteiger partial charge < -0.3 is 15.3 Å². The number of nitrogens with one attached hydrogen (secondary N) is 2. The van der Waals surface area contributed by atoms with Crippen molar-refractivity contribution in [2.24, 2.45) is 5.16 Å². The normalized spacial score (nSPS) is 23.4. The number of rotatable bonds is 5. The van der Waals surface area contributed by atoms with E-state index in [4.69, 9.17) is 16.3 Å². The van der Waals surface area contributed by atoms with E-state index in [1.807, 2.05) is 0 Å². The van der Waals surface area contributed by atoms with Crippen LogP contribution in [-0.2, 0) is 25.1 Å². The molecular formula is C17H20ClN5O6S2. The summed E-state index contributed by atoms with van der Waals surface area (Å²) in [6.45, 7) is 5.11. The summed E-state index contributed by atoms with van der Waals surface area (Å²) in [5.41, 5.74) is -0.518. The first kappa shape index (κ1) is 23.2. The highest BCUT2D eigenvalue weighted by Gasteiger charge is 2.53. The molecule has 1 aromatic rings. The zero-order valence-corrected chi connectivity index (χ0v) is 19.1. The summed E-state index contributed by atoms with van der Waals surface area (Å²) in [7, 11) is -1.44. The molecular weight excluding hydrogens is 470 g/mol. The quantitative estimate of drug-likeness (QED) is 0.185. The van der Waals surface area contributed by atoms with Gasteiger partial charge in [-0.2, -0.15) is 0 Å². The average molecular weight is 490 g/mol. The fourth-order valence-electron chi connectivity index (χ4n) is 2.86. The molecule has 31 heavy (non-hydrogen) atoms. The molecule has 3 N–H and O–H groups in total. The van der Waals surface area contributed by atoms with Gasteiger partial charge in [-0.05, 0) is 26.3 Å². The number of carbonyl (C=O) groups is 3. The van der Waals surface area contributed by atoms with E-state index in [1.54, 1.807) is 27.0 Å². The molecule has 11 nitrogen and oxygen atoms in total. The number of amides is 3. The fraction of sp³-hybridized carbons (Fsp3) is 0.471. The molecule has 0 saturated carbocycles. The summed E-state index contributed by atoms with van der Waals surface area (Å²) in [5, 5.41) is 17.9. The van der Waals surface area contributed by atoms with Crippen LogP contribution in [0.2, 0.25) is 0 Å². The van der Waals surface area contributed by atoms with E-state index < -0.39 is 51.4 Å². The Morgan fingerprint density at radius 2 is 2.19 bits per heavy atom. The van der Waals surface area contributed by atoms with Crippen molar-refractivity contribution in [3.05, 3.63) is 22.8 Å². The number of alkyl halides is 1. The Kier molecular flexibility index (Phi) is 6.67. The van der Waals surface area contributed by atoms with Crippen molar-refractivity contribution in [2.45, 2.75) is 37.8 Å². The maximum absolute atomic E-state index is 12.6. The minimum absolute atomic E-state index is 0.0197. The van der Waals surface area contributed by atoms with Gasteiger partial charge in [-0.1, -0.05) is 5.16 Å². The van der Waals surface area contributed by atoms with Crippen LogP contribution in [0.1, 0.15) is 26.5 Å². The zero-order valence-electron chi connectivity index (χ0n) is 16.7. The molecule has 2 aliphatic heterocycles. The van der Waals surface area contributed by atoms with Gasteiger partial charge in [0, 0.05) is 23.2 Å². The van der Waals surface area contributed by atoms with Gasteiger partial charge in [0.25, 0.3) is 11.8 Å². The van der Waals surface area contributed by atoms with Gasteiger partial charge >= 0.3 is 6.09 Å². The number of fused-ring (bicyclic) bond motifs is 1. The van der Waals surface area contributed by atoms with Crippen LogP contribution in [0.5, 0.6) is 0 Å². The van der Waals surface area contributed by atoms with Crippen molar-refractivity contribution >= 4 is 62.5 Å². The van der Waals surface area contributed by atoms with E-state index in [0.717, 1.165) is 11.3 Å². The molecule has 0 bridgehead atoms. The first-order chi connectivity index (χ1) is 14.5. The lowest BCUT2D eigenvalue weighted by Crippen LogP contribution is -2.72. The van der Waals surface area contributed by atoms with Crippen LogP contribution in [0.3, 0.4) is 0 Å². The van der Waals surface area contributed by atoms with Crippen LogP contribution in [0.25, 0.3) is 0 Å². The number of anilines is 1. The number of oxime groups is 1. The highest BCUT2D eigenvalue weighted by Crippen LogP contribution is 2.30. The lowest BCUT2D eigenvalue weighted by atomic mass is 10.1. The van der Waals surface area contributed by atoms with Gasteiger partial charge in [0.2, 0.25) is 0 Å². The van der Waals surface area contributed by atoms with E-state index in [1.165, 1.54) is 10.3 Å². The summed E-state index contributed by atoms with van der Waals surface area (Å²) in [6.07, 6.45) is 0.810. The molecule has 0 aliphatic carbocycles. The van der Waals surface area contributed by atoms with Gasteiger partial charge in [0.05, 0.1) is 10.8 Å². The lowest BCUT2D eigenvalue weighted by Gasteiger charge is -2.46. The second kappa shape index (κ2) is 8.93. The summed E-state index contributed by atoms with van der Waals surface area (Å²) in [5.74, 6) is -0.961. The van der Waals surface area contributed by atoms with Gasteiger partial charge in [-0.25, -0.2) is 9.78 Å². The second-order valence-electron chi connectivity index (χ2n) is 7.65. The Morgan fingerprint density at radius 3 is 2.81 bits per heavy atom. The first-order valence-electron chi connectivity index (χ1n) is 8.97. The van der Waals surface area contributed by atoms with E-state index in [0.29, 0.717) is 5.57 Å². The van der Waals surface area contributed by atoms with E-state index in [-0.39, 0.29) is 22.5 Å². The molecule has 1 saturated heterocycles. The summed E-state index contributed by atoms with van der Waals surface area (Å²) in [4.78, 5) is 42.1. The van der Waals surface area contributed by atoms with Crippen LogP contribution in [0, 0.1) is 0 Å². The Labute approximate surface area is 188 Å². The Morgan fingerprint density at radius 1 is 1.48 bits per heavy atom. The molecule has 2 aliphatic rings. The zero-order chi connectivity index (χ0) is 22.9. The molecule has 0 aromatic carbocycles. The minimum Gasteiger partial charge on any atom is -0.444 e. The number of hydrogen-bond acceptors (Lipinski definition) is 9. The predicted octanol–water partition coefficient (Wildman–Crippen LogP) is 1.21. The van der Waals surface area contributed by atoms with Crippen molar-refractivity contribution in [1.29, 1.82) is 0 Å². The van der Waals surface area contributed by atoms with Crippen LogP contribution < -0.4 is 10.6 Å². The number of ether oxygens (including phenoxy) is 1. The fourth-order valence-corrected chi connectivity index (χ4v) is 5.44. The molecule has 0 radical (unpaired) electrons. The second-order valence-corrected chi connectivity index (χ2v) is 10.3. The standard InChI is InChI=1S/C17H20ClN5O6S2/c1-17(2,3)29-16(26)21-15-19-9(6-30-15)10(22-27)12(24)20-11-13(25)23-5-8(4-18)7-31(28)14(11)23/h5-6,11,14,27H,4,7H2,1-3H3,(H,20,24)(H,19,21,26)/b22-10-/t11-,14-,31?/m1/s1. The monoisotopic (exact) mass is 489 g/mol. The minimum atomic E-state index is -1.44. The topological polar surface area (TPSA) is 150 Å². The highest BCUT2D eigenvalue weighted by atomic mass is 35.5. The van der Waals surface area contributed by atoms with Gasteiger partial charge in [0.15, 0.2) is 10.8 Å². The molecule has 168 valence electrons. The van der Waals surface area contributed by atoms with Crippen molar-refractivity contribution in [1.82, 2.24) is 15.2 Å². The molecule has 0 spiro atoms. The molecule has 1 aromatic heterocycles. The molecule has 1 fully saturated rings. The predicted molar refractivity (Wildman–Crippen MR) is 115 cm³/mol. The van der Waals surface area contributed by atoms with E-state index in [2.05, 4.69) is 20.8 Å². The molecule has 1 unspecified atom stereocenters. The average Bonchev–Trinajstić information content (AvgIpc) is 3.12. The number of aromatic nitrogens is 1. The van der Waals surface area contributed by atoms with Crippen LogP contribution >= 0.6 is 22.9 Å². The number of hydrogen-bond donors (Lipinski definition) is 3. The van der Waals surface area contributed by atoms with Crippen molar-refractivity contribution in [2.75, 3.05) is 16.9 Å². The number of thiazole rings is 1. The summed E-state index contributed by atoms with van der Waals surface area (Å²) in [6, 6.07) is -1.03. The van der Waals surface area contributed by atoms with E-state index in [9.17, 15) is 23.8 Å². The highest BCUT2D eigenvalue weighted by molar-refractivity contribution is 7.86. The summed E-state index contributed by atoms with van der Waals surface area (Å²) < 4.78 is 17.5. The van der Waals surface area contributed by atoms with Gasteiger partial charge in [0.1, 0.15) is 22.7 Å². The van der Waals surface area contributed by atoms with Crippen LogP contribution in [0.4, 0.5) is 9.93 Å². The van der Waals surface area contributed by atoms with Crippen molar-refractivity contribution < 1.29 is 28.5 Å². The number of nitrogens with zero attached hydrogens (tertiary/aromatic N) is 3. The third kappa shape index (κ3) is 5.05.